The van der Waals surface area contributed by atoms with Gasteiger partial charge in [0.25, 0.3) is 0 Å². The van der Waals surface area contributed by atoms with Gasteiger partial charge in [0, 0.05) is 29.6 Å². The van der Waals surface area contributed by atoms with E-state index in [1.165, 1.54) is 11.3 Å². The highest BCUT2D eigenvalue weighted by Crippen LogP contribution is 2.33. The quantitative estimate of drug-likeness (QED) is 0.635. The fourth-order valence-corrected chi connectivity index (χ4v) is 4.34. The fraction of sp³-hybridized carbons (Fsp3) is 0.261. The van der Waals surface area contributed by atoms with Gasteiger partial charge in [-0.1, -0.05) is 30.3 Å². The molecule has 0 aliphatic carbocycles. The zero-order valence-electron chi connectivity index (χ0n) is 16.8. The minimum Gasteiger partial charge on any atom is -0.495 e. The third kappa shape index (κ3) is 4.52. The lowest BCUT2D eigenvalue weighted by Gasteiger charge is -2.28. The summed E-state index contributed by atoms with van der Waals surface area (Å²) in [6, 6.07) is 15.3. The summed E-state index contributed by atoms with van der Waals surface area (Å²) in [5.41, 5.74) is 3.10. The average molecular weight is 422 g/mol. The van der Waals surface area contributed by atoms with E-state index in [1.54, 1.807) is 30.2 Å². The number of methoxy groups -OCH3 is 1. The van der Waals surface area contributed by atoms with Crippen LogP contribution in [0.5, 0.6) is 5.75 Å². The third-order valence-corrected chi connectivity index (χ3v) is 5.93. The lowest BCUT2D eigenvalue weighted by atomic mass is 10.1. The number of aromatic nitrogens is 1. The summed E-state index contributed by atoms with van der Waals surface area (Å²) in [4.78, 5) is 31.2. The number of thiazole rings is 1. The van der Waals surface area contributed by atoms with Crippen LogP contribution >= 0.6 is 11.3 Å². The normalized spacial score (nSPS) is 13.9. The molecule has 1 N–H and O–H groups in total. The lowest BCUT2D eigenvalue weighted by Crippen LogP contribution is -2.35. The predicted molar refractivity (Wildman–Crippen MR) is 119 cm³/mol. The molecular weight excluding hydrogens is 398 g/mol. The maximum absolute atomic E-state index is 12.6. The number of benzene rings is 2. The Kier molecular flexibility index (Phi) is 6.09. The summed E-state index contributed by atoms with van der Waals surface area (Å²) in [5.74, 6) is 0.551. The van der Waals surface area contributed by atoms with Crippen molar-refractivity contribution >= 4 is 34.5 Å². The molecular formula is C23H23N3O3S. The first-order chi connectivity index (χ1) is 14.6. The van der Waals surface area contributed by atoms with E-state index < -0.39 is 0 Å². The van der Waals surface area contributed by atoms with Crippen LogP contribution in [0.2, 0.25) is 0 Å². The van der Waals surface area contributed by atoms with E-state index in [1.807, 2.05) is 35.7 Å². The summed E-state index contributed by atoms with van der Waals surface area (Å²) in [7, 11) is 1.58. The monoisotopic (exact) mass is 421 g/mol. The van der Waals surface area contributed by atoms with E-state index in [4.69, 9.17) is 4.74 Å². The Labute approximate surface area is 179 Å². The number of nitrogens with zero attached hydrogens (tertiary/aromatic N) is 2. The van der Waals surface area contributed by atoms with Gasteiger partial charge in [-0.2, -0.15) is 0 Å². The van der Waals surface area contributed by atoms with Gasteiger partial charge < -0.3 is 15.0 Å². The van der Waals surface area contributed by atoms with Crippen molar-refractivity contribution in [2.45, 2.75) is 25.7 Å². The molecule has 2 amide bonds. The largest absolute Gasteiger partial charge is 0.495 e. The van der Waals surface area contributed by atoms with Crippen LogP contribution in [0.3, 0.4) is 0 Å². The van der Waals surface area contributed by atoms with Crippen LogP contribution in [-0.2, 0) is 16.0 Å². The second-order valence-corrected chi connectivity index (χ2v) is 7.98. The van der Waals surface area contributed by atoms with Gasteiger partial charge in [0.1, 0.15) is 10.8 Å². The average Bonchev–Trinajstić information content (AvgIpc) is 3.23. The van der Waals surface area contributed by atoms with Crippen molar-refractivity contribution < 1.29 is 14.3 Å². The Morgan fingerprint density at radius 3 is 2.80 bits per heavy atom. The van der Waals surface area contributed by atoms with E-state index in [9.17, 15) is 9.59 Å². The minimum atomic E-state index is -0.152. The Balaban J connectivity index is 1.46. The van der Waals surface area contributed by atoms with E-state index in [-0.39, 0.29) is 18.2 Å². The highest BCUT2D eigenvalue weighted by Gasteiger charge is 2.23. The molecule has 0 bridgehead atoms. The maximum Gasteiger partial charge on any atom is 0.230 e. The number of hydrogen-bond acceptors (Lipinski definition) is 5. The molecule has 0 radical (unpaired) electrons. The van der Waals surface area contributed by atoms with Gasteiger partial charge in [0.2, 0.25) is 11.8 Å². The van der Waals surface area contributed by atoms with Crippen molar-refractivity contribution in [1.29, 1.82) is 0 Å². The molecule has 1 fully saturated rings. The molecule has 7 heteroatoms. The Bertz CT molecular complexity index is 1050. The molecule has 2 heterocycles. The molecule has 1 saturated heterocycles. The van der Waals surface area contributed by atoms with Crippen molar-refractivity contribution in [3.63, 3.8) is 0 Å². The standard InChI is InChI=1S/C23H23N3O3S/c1-29-20-11-10-17(13-19(20)26-12-6-5-9-22(26)28)24-21(27)14-18-15-30-23(25-18)16-7-3-2-4-8-16/h2-4,7-8,10-11,13,15H,5-6,9,12,14H2,1H3,(H,24,27). The third-order valence-electron chi connectivity index (χ3n) is 4.99. The number of carbonyl (C=O) groups is 2. The minimum absolute atomic E-state index is 0.0824. The van der Waals surface area contributed by atoms with E-state index >= 15 is 0 Å². The van der Waals surface area contributed by atoms with Crippen molar-refractivity contribution in [1.82, 2.24) is 4.98 Å². The number of hydrogen-bond donors (Lipinski definition) is 1. The highest BCUT2D eigenvalue weighted by molar-refractivity contribution is 7.13. The topological polar surface area (TPSA) is 71.5 Å². The molecule has 4 rings (SSSR count). The van der Waals surface area contributed by atoms with Crippen LogP contribution in [0.1, 0.15) is 25.0 Å². The van der Waals surface area contributed by atoms with E-state index in [0.717, 1.165) is 29.1 Å². The molecule has 1 aliphatic rings. The first-order valence-corrected chi connectivity index (χ1v) is 10.8. The van der Waals surface area contributed by atoms with Gasteiger partial charge in [0.05, 0.1) is 24.9 Å². The predicted octanol–water partition coefficient (Wildman–Crippen LogP) is 4.52. The van der Waals surface area contributed by atoms with Gasteiger partial charge in [-0.3, -0.25) is 9.59 Å². The molecule has 0 saturated carbocycles. The molecule has 6 nitrogen and oxygen atoms in total. The van der Waals surface area contributed by atoms with Crippen LogP contribution < -0.4 is 15.0 Å². The second kappa shape index (κ2) is 9.09. The summed E-state index contributed by atoms with van der Waals surface area (Å²) in [6.07, 6.45) is 2.59. The molecule has 3 aromatic rings. The van der Waals surface area contributed by atoms with Crippen LogP contribution in [-0.4, -0.2) is 30.5 Å². The fourth-order valence-electron chi connectivity index (χ4n) is 3.51. The molecule has 0 unspecified atom stereocenters. The van der Waals surface area contributed by atoms with Crippen molar-refractivity contribution in [3.05, 3.63) is 59.6 Å². The zero-order valence-corrected chi connectivity index (χ0v) is 17.6. The number of nitrogens with one attached hydrogen (secondary N) is 1. The van der Waals surface area contributed by atoms with Crippen molar-refractivity contribution in [2.24, 2.45) is 0 Å². The molecule has 2 aromatic carbocycles. The Morgan fingerprint density at radius 2 is 2.03 bits per heavy atom. The van der Waals surface area contributed by atoms with Crippen molar-refractivity contribution in [2.75, 3.05) is 23.9 Å². The van der Waals surface area contributed by atoms with Crippen LogP contribution in [0, 0.1) is 0 Å². The smallest absolute Gasteiger partial charge is 0.230 e. The van der Waals surface area contributed by atoms with E-state index in [0.29, 0.717) is 30.1 Å². The molecule has 154 valence electrons. The molecule has 1 aromatic heterocycles. The molecule has 30 heavy (non-hydrogen) atoms. The summed E-state index contributed by atoms with van der Waals surface area (Å²) in [6.45, 7) is 0.660. The highest BCUT2D eigenvalue weighted by atomic mass is 32.1. The van der Waals surface area contributed by atoms with Crippen LogP contribution in [0.15, 0.2) is 53.9 Å². The summed E-state index contributed by atoms with van der Waals surface area (Å²) >= 11 is 1.53. The van der Waals surface area contributed by atoms with Crippen LogP contribution in [0.25, 0.3) is 10.6 Å². The molecule has 1 aliphatic heterocycles. The summed E-state index contributed by atoms with van der Waals surface area (Å²) < 4.78 is 5.43. The number of amides is 2. The van der Waals surface area contributed by atoms with Gasteiger partial charge in [-0.05, 0) is 31.0 Å². The van der Waals surface area contributed by atoms with Gasteiger partial charge in [-0.25, -0.2) is 4.98 Å². The lowest BCUT2D eigenvalue weighted by molar-refractivity contribution is -0.119. The Hall–Kier alpha value is -3.19. The number of carbonyl (C=O) groups excluding carboxylic acids is 2. The number of ether oxygens (including phenoxy) is 1. The van der Waals surface area contributed by atoms with Gasteiger partial charge >= 0.3 is 0 Å². The van der Waals surface area contributed by atoms with Gasteiger partial charge in [-0.15, -0.1) is 11.3 Å². The SMILES string of the molecule is COc1ccc(NC(=O)Cc2csc(-c3ccccc3)n2)cc1N1CCCCC1=O. The van der Waals surface area contributed by atoms with E-state index in [2.05, 4.69) is 10.3 Å². The number of piperidine rings is 1. The second-order valence-electron chi connectivity index (χ2n) is 7.12. The maximum atomic E-state index is 12.6. The Morgan fingerprint density at radius 1 is 1.20 bits per heavy atom. The first-order valence-electron chi connectivity index (χ1n) is 9.92. The first kappa shape index (κ1) is 20.1. The number of anilines is 2. The summed E-state index contributed by atoms with van der Waals surface area (Å²) in [5, 5.41) is 5.72. The molecule has 0 spiro atoms. The van der Waals surface area contributed by atoms with Gasteiger partial charge in [0.15, 0.2) is 0 Å². The van der Waals surface area contributed by atoms with Crippen LogP contribution in [0.4, 0.5) is 11.4 Å². The molecule has 0 atom stereocenters. The zero-order chi connectivity index (χ0) is 20.9. The number of rotatable bonds is 6. The van der Waals surface area contributed by atoms with Crippen molar-refractivity contribution in [3.8, 4) is 16.3 Å².